The SMILES string of the molecule is CCC(CO)NC(=O)c1cc(C)nc2cc(F)ccc12. The average Bonchev–Trinajstić information content (AvgIpc) is 2.43. The monoisotopic (exact) mass is 276 g/mol. The van der Waals surface area contributed by atoms with Gasteiger partial charge in [0.2, 0.25) is 0 Å². The lowest BCUT2D eigenvalue weighted by Crippen LogP contribution is -2.37. The zero-order valence-corrected chi connectivity index (χ0v) is 11.5. The summed E-state index contributed by atoms with van der Waals surface area (Å²) in [5.41, 5.74) is 1.54. The van der Waals surface area contributed by atoms with E-state index in [2.05, 4.69) is 10.3 Å². The van der Waals surface area contributed by atoms with Gasteiger partial charge in [-0.25, -0.2) is 4.39 Å². The number of halogens is 1. The first-order valence-corrected chi connectivity index (χ1v) is 6.53. The Morgan fingerprint density at radius 1 is 1.45 bits per heavy atom. The number of fused-ring (bicyclic) bond motifs is 1. The summed E-state index contributed by atoms with van der Waals surface area (Å²) >= 11 is 0. The van der Waals surface area contributed by atoms with Crippen LogP contribution < -0.4 is 5.32 Å². The maximum absolute atomic E-state index is 13.2. The van der Waals surface area contributed by atoms with Gasteiger partial charge in [0.25, 0.3) is 5.91 Å². The van der Waals surface area contributed by atoms with Crippen molar-refractivity contribution in [1.82, 2.24) is 10.3 Å². The summed E-state index contributed by atoms with van der Waals surface area (Å²) in [4.78, 5) is 16.5. The second-order valence-electron chi connectivity index (χ2n) is 4.73. The fourth-order valence-electron chi connectivity index (χ4n) is 2.06. The Morgan fingerprint density at radius 2 is 2.20 bits per heavy atom. The van der Waals surface area contributed by atoms with Gasteiger partial charge in [0.05, 0.1) is 23.7 Å². The van der Waals surface area contributed by atoms with E-state index in [1.807, 2.05) is 6.92 Å². The smallest absolute Gasteiger partial charge is 0.252 e. The van der Waals surface area contributed by atoms with Gasteiger partial charge in [0.1, 0.15) is 5.82 Å². The standard InChI is InChI=1S/C15H17FN2O2/c1-3-11(8-19)18-15(20)13-6-9(2)17-14-7-10(16)4-5-12(13)14/h4-7,11,19H,3,8H2,1-2H3,(H,18,20). The first-order chi connectivity index (χ1) is 9.55. The number of aromatic nitrogens is 1. The molecular formula is C15H17FN2O2. The molecule has 1 aromatic heterocycles. The first kappa shape index (κ1) is 14.4. The number of hydrogen-bond donors (Lipinski definition) is 2. The number of amides is 1. The van der Waals surface area contributed by atoms with E-state index in [4.69, 9.17) is 5.11 Å². The van der Waals surface area contributed by atoms with E-state index in [-0.39, 0.29) is 24.4 Å². The van der Waals surface area contributed by atoms with Crippen LogP contribution in [0.5, 0.6) is 0 Å². The van der Waals surface area contributed by atoms with E-state index in [0.29, 0.717) is 28.6 Å². The van der Waals surface area contributed by atoms with E-state index in [1.165, 1.54) is 12.1 Å². The zero-order valence-electron chi connectivity index (χ0n) is 11.5. The van der Waals surface area contributed by atoms with Crippen molar-refractivity contribution in [3.8, 4) is 0 Å². The van der Waals surface area contributed by atoms with Crippen molar-refractivity contribution in [3.63, 3.8) is 0 Å². The number of hydrogen-bond acceptors (Lipinski definition) is 3. The Morgan fingerprint density at radius 3 is 2.85 bits per heavy atom. The van der Waals surface area contributed by atoms with Crippen molar-refractivity contribution in [3.05, 3.63) is 41.3 Å². The topological polar surface area (TPSA) is 62.2 Å². The van der Waals surface area contributed by atoms with Crippen molar-refractivity contribution in [2.75, 3.05) is 6.61 Å². The Balaban J connectivity index is 2.45. The van der Waals surface area contributed by atoms with Crippen molar-refractivity contribution >= 4 is 16.8 Å². The summed E-state index contributed by atoms with van der Waals surface area (Å²) in [6.07, 6.45) is 0.638. The fraction of sp³-hybridized carbons (Fsp3) is 0.333. The third-order valence-corrected chi connectivity index (χ3v) is 3.19. The zero-order chi connectivity index (χ0) is 14.7. The van der Waals surface area contributed by atoms with Gasteiger partial charge in [-0.15, -0.1) is 0 Å². The lowest BCUT2D eigenvalue weighted by molar-refractivity contribution is 0.0916. The van der Waals surface area contributed by atoms with Gasteiger partial charge in [0.15, 0.2) is 0 Å². The second kappa shape index (κ2) is 5.96. The van der Waals surface area contributed by atoms with Gasteiger partial charge in [-0.05, 0) is 31.5 Å². The van der Waals surface area contributed by atoms with Crippen molar-refractivity contribution in [2.45, 2.75) is 26.3 Å². The summed E-state index contributed by atoms with van der Waals surface area (Å²) in [5, 5.41) is 12.5. The molecule has 4 nitrogen and oxygen atoms in total. The van der Waals surface area contributed by atoms with Crippen LogP contribution in [0.15, 0.2) is 24.3 Å². The van der Waals surface area contributed by atoms with Gasteiger partial charge in [-0.2, -0.15) is 0 Å². The molecule has 2 rings (SSSR count). The minimum absolute atomic E-state index is 0.112. The maximum Gasteiger partial charge on any atom is 0.252 e. The summed E-state index contributed by atoms with van der Waals surface area (Å²) in [6, 6.07) is 5.54. The van der Waals surface area contributed by atoms with Crippen LogP contribution in [-0.2, 0) is 0 Å². The molecule has 1 aromatic carbocycles. The normalized spacial score (nSPS) is 12.4. The Labute approximate surface area is 116 Å². The van der Waals surface area contributed by atoms with Crippen molar-refractivity contribution in [1.29, 1.82) is 0 Å². The number of aliphatic hydroxyl groups excluding tert-OH is 1. The quantitative estimate of drug-likeness (QED) is 0.899. The average molecular weight is 276 g/mol. The number of carbonyl (C=O) groups is 1. The Kier molecular flexibility index (Phi) is 4.29. The van der Waals surface area contributed by atoms with Crippen LogP contribution in [0.3, 0.4) is 0 Å². The highest BCUT2D eigenvalue weighted by atomic mass is 19.1. The molecule has 2 aromatic rings. The van der Waals surface area contributed by atoms with Gasteiger partial charge in [-0.3, -0.25) is 9.78 Å². The van der Waals surface area contributed by atoms with Crippen LogP contribution in [0.2, 0.25) is 0 Å². The summed E-state index contributed by atoms with van der Waals surface area (Å²) in [5.74, 6) is -0.670. The molecule has 5 heteroatoms. The molecule has 0 spiro atoms. The lowest BCUT2D eigenvalue weighted by atomic mass is 10.1. The van der Waals surface area contributed by atoms with Gasteiger partial charge < -0.3 is 10.4 Å². The number of nitrogens with one attached hydrogen (secondary N) is 1. The number of pyridine rings is 1. The van der Waals surface area contributed by atoms with Gasteiger partial charge in [0, 0.05) is 17.1 Å². The molecule has 1 atom stereocenters. The molecule has 0 aliphatic heterocycles. The highest BCUT2D eigenvalue weighted by Crippen LogP contribution is 2.19. The molecule has 0 saturated carbocycles. The molecule has 1 unspecified atom stereocenters. The van der Waals surface area contributed by atoms with E-state index < -0.39 is 0 Å². The maximum atomic E-state index is 13.2. The molecule has 1 heterocycles. The van der Waals surface area contributed by atoms with Crippen LogP contribution in [0, 0.1) is 12.7 Å². The van der Waals surface area contributed by atoms with Crippen molar-refractivity contribution in [2.24, 2.45) is 0 Å². The summed E-state index contributed by atoms with van der Waals surface area (Å²) in [7, 11) is 0. The molecule has 0 radical (unpaired) electrons. The number of aliphatic hydroxyl groups is 1. The van der Waals surface area contributed by atoms with E-state index in [9.17, 15) is 9.18 Å². The van der Waals surface area contributed by atoms with Crippen LogP contribution in [0.1, 0.15) is 29.4 Å². The highest BCUT2D eigenvalue weighted by molar-refractivity contribution is 6.06. The third-order valence-electron chi connectivity index (χ3n) is 3.19. The molecule has 1 amide bonds. The van der Waals surface area contributed by atoms with E-state index >= 15 is 0 Å². The number of aryl methyl sites for hydroxylation is 1. The van der Waals surface area contributed by atoms with E-state index in [1.54, 1.807) is 19.1 Å². The molecule has 0 saturated heterocycles. The lowest BCUT2D eigenvalue weighted by Gasteiger charge is -2.15. The molecule has 20 heavy (non-hydrogen) atoms. The number of rotatable bonds is 4. The minimum Gasteiger partial charge on any atom is -0.394 e. The van der Waals surface area contributed by atoms with E-state index in [0.717, 1.165) is 0 Å². The van der Waals surface area contributed by atoms with Crippen LogP contribution in [0.25, 0.3) is 10.9 Å². The molecule has 106 valence electrons. The third kappa shape index (κ3) is 2.93. The first-order valence-electron chi connectivity index (χ1n) is 6.53. The number of nitrogens with zero attached hydrogens (tertiary/aromatic N) is 1. The molecular weight excluding hydrogens is 259 g/mol. The van der Waals surface area contributed by atoms with Crippen LogP contribution >= 0.6 is 0 Å². The predicted molar refractivity (Wildman–Crippen MR) is 75.1 cm³/mol. The molecule has 0 bridgehead atoms. The fourth-order valence-corrected chi connectivity index (χ4v) is 2.06. The van der Waals surface area contributed by atoms with Crippen LogP contribution in [-0.4, -0.2) is 28.6 Å². The minimum atomic E-state index is -0.385. The number of carbonyl (C=O) groups excluding carboxylic acids is 1. The van der Waals surface area contributed by atoms with Crippen molar-refractivity contribution < 1.29 is 14.3 Å². The van der Waals surface area contributed by atoms with Crippen LogP contribution in [0.4, 0.5) is 4.39 Å². The van der Waals surface area contributed by atoms with Gasteiger partial charge >= 0.3 is 0 Å². The Hall–Kier alpha value is -2.01. The number of benzene rings is 1. The highest BCUT2D eigenvalue weighted by Gasteiger charge is 2.15. The summed E-state index contributed by atoms with van der Waals surface area (Å²) < 4.78 is 13.2. The van der Waals surface area contributed by atoms with Gasteiger partial charge in [-0.1, -0.05) is 6.92 Å². The predicted octanol–water partition coefficient (Wildman–Crippen LogP) is 2.18. The molecule has 0 fully saturated rings. The largest absolute Gasteiger partial charge is 0.394 e. The molecule has 0 aliphatic carbocycles. The Bertz CT molecular complexity index is 634. The summed E-state index contributed by atoms with van der Waals surface area (Å²) in [6.45, 7) is 3.52. The molecule has 2 N–H and O–H groups in total. The second-order valence-corrected chi connectivity index (χ2v) is 4.73. The molecule has 0 aliphatic rings.